The molecule has 0 unspecified atom stereocenters. The number of hydroxylamine groups is 2. The van der Waals surface area contributed by atoms with Crippen LogP contribution in [0.25, 0.3) is 6.08 Å². The molecule has 15 nitrogen and oxygen atoms in total. The van der Waals surface area contributed by atoms with Crippen LogP contribution in [0.4, 0.5) is 13.2 Å². The molecule has 1 saturated carbocycles. The largest absolute Gasteiger partial charge is 0.460 e. The van der Waals surface area contributed by atoms with Gasteiger partial charge in [0.15, 0.2) is 18.4 Å². The maximum absolute atomic E-state index is 15.9. The molecule has 3 aliphatic heterocycles. The van der Waals surface area contributed by atoms with Crippen LogP contribution in [-0.2, 0) is 65.5 Å². The van der Waals surface area contributed by atoms with E-state index >= 15 is 4.79 Å². The number of aliphatic hydroxyl groups excluding tert-OH is 1. The first-order chi connectivity index (χ1) is 32.7. The molecule has 380 valence electrons. The highest BCUT2D eigenvalue weighted by Gasteiger charge is 2.76. The van der Waals surface area contributed by atoms with Gasteiger partial charge in [0.2, 0.25) is 11.8 Å². The third kappa shape index (κ3) is 13.3. The summed E-state index contributed by atoms with van der Waals surface area (Å²) in [5.41, 5.74) is -0.686. The predicted octanol–water partition coefficient (Wildman–Crippen LogP) is 6.91. The third-order valence-electron chi connectivity index (χ3n) is 13.1. The Bertz CT molecular complexity index is 2120. The minimum absolute atomic E-state index is 0.0179. The molecule has 18 heteroatoms. The molecule has 2 bridgehead atoms. The second kappa shape index (κ2) is 22.9. The minimum atomic E-state index is -4.69. The van der Waals surface area contributed by atoms with Gasteiger partial charge in [-0.05, 0) is 62.8 Å². The van der Waals surface area contributed by atoms with Crippen molar-refractivity contribution in [2.24, 2.45) is 5.41 Å². The lowest BCUT2D eigenvalue weighted by molar-refractivity contribution is -0.225. The first-order valence-electron chi connectivity index (χ1n) is 24.2. The van der Waals surface area contributed by atoms with Crippen LogP contribution in [0, 0.1) is 5.41 Å². The van der Waals surface area contributed by atoms with Crippen molar-refractivity contribution in [3.05, 3.63) is 77.4 Å². The molecule has 6 rings (SSSR count). The monoisotopic (exact) mass is 971 g/mol. The molecule has 3 heterocycles. The van der Waals surface area contributed by atoms with Gasteiger partial charge in [-0.2, -0.15) is 18.2 Å². The lowest BCUT2D eigenvalue weighted by Crippen LogP contribution is -2.70. The summed E-state index contributed by atoms with van der Waals surface area (Å²) in [5.74, 6) is -4.62. The predicted molar refractivity (Wildman–Crippen MR) is 245 cm³/mol. The van der Waals surface area contributed by atoms with E-state index in [-0.39, 0.29) is 32.2 Å². The van der Waals surface area contributed by atoms with E-state index in [1.807, 2.05) is 30.3 Å². The van der Waals surface area contributed by atoms with Crippen molar-refractivity contribution >= 4 is 35.8 Å². The fourth-order valence-corrected chi connectivity index (χ4v) is 9.92. The number of hydrogen-bond acceptors (Lipinski definition) is 13. The second-order valence-electron chi connectivity index (χ2n) is 19.6. The van der Waals surface area contributed by atoms with Crippen molar-refractivity contribution in [1.29, 1.82) is 0 Å². The molecule has 69 heavy (non-hydrogen) atoms. The Kier molecular flexibility index (Phi) is 17.8. The topological polar surface area (TPSA) is 179 Å². The Morgan fingerprint density at radius 1 is 0.957 bits per heavy atom. The van der Waals surface area contributed by atoms with Crippen molar-refractivity contribution in [2.45, 2.75) is 178 Å². The number of rotatable bonds is 23. The Hall–Kier alpha value is -4.88. The van der Waals surface area contributed by atoms with Crippen LogP contribution in [0.5, 0.6) is 0 Å². The van der Waals surface area contributed by atoms with Crippen molar-refractivity contribution in [3.63, 3.8) is 0 Å². The number of carbonyl (C=O) groups is 5. The lowest BCUT2D eigenvalue weighted by atomic mass is 9.62. The van der Waals surface area contributed by atoms with Gasteiger partial charge in [-0.15, -0.1) is 0 Å². The number of fused-ring (bicyclic) bond motifs is 4. The number of ether oxygens (including phenoxy) is 5. The van der Waals surface area contributed by atoms with E-state index in [9.17, 15) is 37.5 Å². The number of nitrogens with zero attached hydrogens (tertiary/aromatic N) is 2. The van der Waals surface area contributed by atoms with Crippen LogP contribution in [0.15, 0.2) is 60.7 Å². The molecule has 2 N–H and O–H groups in total. The van der Waals surface area contributed by atoms with E-state index in [0.29, 0.717) is 24.0 Å². The fraction of sp³-hybridized carbons (Fsp3) is 0.627. The van der Waals surface area contributed by atoms with Crippen LogP contribution in [-0.4, -0.2) is 125 Å². The summed E-state index contributed by atoms with van der Waals surface area (Å²) in [7, 11) is 1.51. The highest BCUT2D eigenvalue weighted by molar-refractivity contribution is 5.96. The van der Waals surface area contributed by atoms with E-state index in [1.165, 1.54) is 23.1 Å². The lowest BCUT2D eigenvalue weighted by Gasteiger charge is -2.50. The molecule has 4 fully saturated rings. The van der Waals surface area contributed by atoms with Gasteiger partial charge in [0.05, 0.1) is 19.2 Å². The van der Waals surface area contributed by atoms with Crippen molar-refractivity contribution in [1.82, 2.24) is 15.3 Å². The van der Waals surface area contributed by atoms with E-state index in [0.717, 1.165) is 50.2 Å². The summed E-state index contributed by atoms with van der Waals surface area (Å²) in [6.45, 7) is 7.12. The standard InChI is InChI=1S/C51H68F3N3O12/c1-7-9-14-25-49(26-15-10-8-2)67-41-38-29-50(47(63)56(6)37(28-33-17-12-11-13-18-33)45(61)55-36(31-58)22-24-40(60)66-48(3,4)5)43(46(62)65-38)57(69-44(50)42(41)68-49)30-35-20-16-19-34(27-35)21-23-39(59)64-32-51(52,53)54/h11-13,16-21,23,27,36-38,41-44,58H,7-10,14-15,22,24-26,28-32H2,1-6H3,(H,55,61)/t36-,37+,38+,41-,42-,43+,44+,50+/m0/s1. The highest BCUT2D eigenvalue weighted by atomic mass is 19.4. The first-order valence-corrected chi connectivity index (χ1v) is 24.2. The highest BCUT2D eigenvalue weighted by Crippen LogP contribution is 2.58. The normalized spacial score (nSPS) is 24.8. The zero-order valence-electron chi connectivity index (χ0n) is 40.5. The average molecular weight is 972 g/mol. The van der Waals surface area contributed by atoms with Crippen LogP contribution in [0.2, 0.25) is 0 Å². The second-order valence-corrected chi connectivity index (χ2v) is 19.6. The molecule has 1 aliphatic carbocycles. The first kappa shape index (κ1) is 53.5. The number of alkyl halides is 3. The fourth-order valence-electron chi connectivity index (χ4n) is 9.92. The van der Waals surface area contributed by atoms with Crippen molar-refractivity contribution in [2.75, 3.05) is 20.3 Å². The summed E-state index contributed by atoms with van der Waals surface area (Å²) >= 11 is 0. The molecule has 0 aromatic heterocycles. The van der Waals surface area contributed by atoms with Gasteiger partial charge in [0.1, 0.15) is 41.5 Å². The molecule has 3 saturated heterocycles. The Morgan fingerprint density at radius 2 is 1.62 bits per heavy atom. The molecule has 2 aromatic carbocycles. The van der Waals surface area contributed by atoms with E-state index in [2.05, 4.69) is 23.9 Å². The van der Waals surface area contributed by atoms with Gasteiger partial charge < -0.3 is 39.0 Å². The van der Waals surface area contributed by atoms with Gasteiger partial charge in [-0.25, -0.2) is 4.79 Å². The van der Waals surface area contributed by atoms with Gasteiger partial charge in [-0.3, -0.25) is 24.0 Å². The number of benzene rings is 2. The zero-order chi connectivity index (χ0) is 50.1. The summed E-state index contributed by atoms with van der Waals surface area (Å²) < 4.78 is 67.9. The quantitative estimate of drug-likeness (QED) is 0.0508. The van der Waals surface area contributed by atoms with Crippen LogP contribution >= 0.6 is 0 Å². The van der Waals surface area contributed by atoms with Crippen molar-refractivity contribution < 1.29 is 70.8 Å². The van der Waals surface area contributed by atoms with Crippen LogP contribution in [0.3, 0.4) is 0 Å². The van der Waals surface area contributed by atoms with Crippen LogP contribution < -0.4 is 5.32 Å². The maximum Gasteiger partial charge on any atom is 0.422 e. The smallest absolute Gasteiger partial charge is 0.422 e. The number of aliphatic hydroxyl groups is 1. The van der Waals surface area contributed by atoms with Crippen LogP contribution in [0.1, 0.15) is 122 Å². The van der Waals surface area contributed by atoms with Gasteiger partial charge >= 0.3 is 24.1 Å². The number of likely N-dealkylation sites (N-methyl/N-ethyl adjacent to an activating group) is 1. The number of unbranched alkanes of at least 4 members (excludes halogenated alkanes) is 4. The Morgan fingerprint density at radius 3 is 2.26 bits per heavy atom. The maximum atomic E-state index is 15.9. The molecular weight excluding hydrogens is 904 g/mol. The number of amides is 2. The SMILES string of the molecule is CCCCCC1(CCCCC)O[C@@H]2[C@H](O1)[C@H]1ON(Cc3cccc(C=CC(=O)OCC(F)(F)F)c3)[C@@H]3C(=O)O[C@@H]2C[C@]13C(=O)N(C)[C@H](Cc1ccccc1)C(=O)N[C@H](CO)CCC(=O)OC(C)(C)C. The molecule has 0 radical (unpaired) electrons. The van der Waals surface area contributed by atoms with E-state index in [1.54, 1.807) is 45.0 Å². The number of nitrogens with one attached hydrogen (secondary N) is 1. The summed E-state index contributed by atoms with van der Waals surface area (Å²) in [5, 5.41) is 14.7. The molecule has 4 aliphatic rings. The summed E-state index contributed by atoms with van der Waals surface area (Å²) in [4.78, 5) is 78.0. The Balaban J connectivity index is 1.36. The number of hydrogen-bond donors (Lipinski definition) is 2. The molecule has 0 spiro atoms. The van der Waals surface area contributed by atoms with Gasteiger partial charge in [0, 0.05) is 45.2 Å². The van der Waals surface area contributed by atoms with Gasteiger partial charge in [-0.1, -0.05) is 94.1 Å². The van der Waals surface area contributed by atoms with Crippen molar-refractivity contribution in [3.8, 4) is 0 Å². The van der Waals surface area contributed by atoms with E-state index < -0.39 is 108 Å². The van der Waals surface area contributed by atoms with Gasteiger partial charge in [0.25, 0.3) is 0 Å². The summed E-state index contributed by atoms with van der Waals surface area (Å²) in [6.07, 6.45) is 0.406. The number of carbonyl (C=O) groups excluding carboxylic acids is 5. The third-order valence-corrected chi connectivity index (χ3v) is 13.1. The zero-order valence-corrected chi connectivity index (χ0v) is 40.5. The molecule has 2 amide bonds. The van der Waals surface area contributed by atoms with E-state index in [4.69, 9.17) is 23.8 Å². The number of halogens is 3. The molecule has 2 aromatic rings. The Labute approximate surface area is 402 Å². The summed E-state index contributed by atoms with van der Waals surface area (Å²) in [6, 6.07) is 12.4. The number of esters is 3. The minimum Gasteiger partial charge on any atom is -0.460 e. The molecular formula is C51H68F3N3O12. The molecule has 8 atom stereocenters. The average Bonchev–Trinajstić information content (AvgIpc) is 3.85.